The summed E-state index contributed by atoms with van der Waals surface area (Å²) in [6, 6.07) is 1.22. The second-order valence-electron chi connectivity index (χ2n) is 2.32. The molecule has 0 aliphatic carbocycles. The molecule has 2 nitrogen and oxygen atoms in total. The first-order chi connectivity index (χ1) is 6.06. The van der Waals surface area contributed by atoms with Gasteiger partial charge in [0.15, 0.2) is 0 Å². The molecule has 1 heterocycles. The van der Waals surface area contributed by atoms with Crippen LogP contribution in [0.4, 0.5) is 14.6 Å². The number of pyridine rings is 1. The first kappa shape index (κ1) is 10.7. The fourth-order valence-corrected chi connectivity index (χ4v) is 1.66. The molecule has 6 heteroatoms. The molecule has 13 heavy (non-hydrogen) atoms. The third-order valence-electron chi connectivity index (χ3n) is 1.45. The molecule has 0 radical (unpaired) electrons. The highest BCUT2D eigenvalue weighted by Crippen LogP contribution is 2.31. The van der Waals surface area contributed by atoms with Crippen molar-refractivity contribution in [2.45, 2.75) is 11.8 Å². The van der Waals surface area contributed by atoms with Crippen molar-refractivity contribution >= 4 is 33.3 Å². The van der Waals surface area contributed by atoms with E-state index >= 15 is 0 Å². The fraction of sp³-hybridized carbons (Fsp3) is 0.286. The molecule has 0 bridgehead atoms. The van der Waals surface area contributed by atoms with Crippen LogP contribution >= 0.6 is 27.5 Å². The van der Waals surface area contributed by atoms with Crippen LogP contribution < -0.4 is 5.73 Å². The quantitative estimate of drug-likeness (QED) is 0.839. The van der Waals surface area contributed by atoms with Crippen molar-refractivity contribution in [1.82, 2.24) is 4.98 Å². The summed E-state index contributed by atoms with van der Waals surface area (Å²) in [6.45, 7) is 0. The molecule has 0 spiro atoms. The smallest absolute Gasteiger partial charge is 0.267 e. The van der Waals surface area contributed by atoms with E-state index in [0.717, 1.165) is 0 Å². The van der Waals surface area contributed by atoms with E-state index in [2.05, 4.69) is 20.9 Å². The molecule has 0 aromatic carbocycles. The van der Waals surface area contributed by atoms with E-state index in [0.29, 0.717) is 0 Å². The van der Waals surface area contributed by atoms with E-state index < -0.39 is 6.43 Å². The van der Waals surface area contributed by atoms with Crippen LogP contribution in [0.5, 0.6) is 0 Å². The molecule has 1 aromatic rings. The topological polar surface area (TPSA) is 38.9 Å². The highest BCUT2D eigenvalue weighted by atomic mass is 79.9. The lowest BCUT2D eigenvalue weighted by molar-refractivity contribution is 0.150. The highest BCUT2D eigenvalue weighted by molar-refractivity contribution is 9.08. The number of aromatic nitrogens is 1. The van der Waals surface area contributed by atoms with E-state index in [1.807, 2.05) is 0 Å². The maximum Gasteiger partial charge on any atom is 0.267 e. The summed E-state index contributed by atoms with van der Waals surface area (Å²) >= 11 is 8.62. The maximum atomic E-state index is 12.4. The Morgan fingerprint density at radius 2 is 2.23 bits per heavy atom. The molecule has 0 saturated carbocycles. The molecule has 0 saturated heterocycles. The summed E-state index contributed by atoms with van der Waals surface area (Å²) in [7, 11) is 0. The second-order valence-corrected chi connectivity index (χ2v) is 3.29. The van der Waals surface area contributed by atoms with Crippen molar-refractivity contribution in [3.8, 4) is 0 Å². The minimum absolute atomic E-state index is 0.0445. The molecule has 1 rings (SSSR count). The number of anilines is 1. The van der Waals surface area contributed by atoms with Gasteiger partial charge in [0.2, 0.25) is 0 Å². The van der Waals surface area contributed by atoms with Crippen LogP contribution in [0, 0.1) is 0 Å². The summed E-state index contributed by atoms with van der Waals surface area (Å²) < 4.78 is 24.8. The Morgan fingerprint density at radius 3 is 2.69 bits per heavy atom. The van der Waals surface area contributed by atoms with Gasteiger partial charge >= 0.3 is 0 Å². The molecule has 0 unspecified atom stereocenters. The molecule has 0 amide bonds. The molecule has 0 fully saturated rings. The largest absolute Gasteiger partial charge is 0.384 e. The molecule has 2 N–H and O–H groups in total. The van der Waals surface area contributed by atoms with Crippen LogP contribution in [0.15, 0.2) is 6.07 Å². The minimum Gasteiger partial charge on any atom is -0.384 e. The zero-order chi connectivity index (χ0) is 10.0. The van der Waals surface area contributed by atoms with E-state index in [9.17, 15) is 8.78 Å². The Kier molecular flexibility index (Phi) is 3.44. The van der Waals surface area contributed by atoms with Gasteiger partial charge < -0.3 is 5.73 Å². The number of rotatable bonds is 2. The average molecular weight is 271 g/mol. The van der Waals surface area contributed by atoms with Gasteiger partial charge in [-0.2, -0.15) is 0 Å². The Morgan fingerprint density at radius 1 is 1.62 bits per heavy atom. The lowest BCUT2D eigenvalue weighted by Gasteiger charge is -2.08. The number of hydrogen-bond donors (Lipinski definition) is 1. The molecule has 72 valence electrons. The van der Waals surface area contributed by atoms with Gasteiger partial charge in [-0.15, -0.1) is 0 Å². The molecule has 0 aliphatic heterocycles. The van der Waals surface area contributed by atoms with Crippen molar-refractivity contribution in [1.29, 1.82) is 0 Å². The summed E-state index contributed by atoms with van der Waals surface area (Å²) in [5.41, 5.74) is 5.27. The van der Waals surface area contributed by atoms with Crippen LogP contribution in [-0.2, 0) is 5.33 Å². The number of halogens is 4. The van der Waals surface area contributed by atoms with Crippen LogP contribution in [0.3, 0.4) is 0 Å². The Hall–Kier alpha value is -0.420. The van der Waals surface area contributed by atoms with E-state index in [-0.39, 0.29) is 27.4 Å². The van der Waals surface area contributed by atoms with Gasteiger partial charge in [-0.1, -0.05) is 27.5 Å². The number of hydrogen-bond acceptors (Lipinski definition) is 2. The Balaban J connectivity index is 3.30. The van der Waals surface area contributed by atoms with Crippen molar-refractivity contribution < 1.29 is 8.78 Å². The molecule has 1 aromatic heterocycles. The van der Waals surface area contributed by atoms with Crippen LogP contribution in [0.2, 0.25) is 5.02 Å². The van der Waals surface area contributed by atoms with Crippen LogP contribution in [0.25, 0.3) is 0 Å². The van der Waals surface area contributed by atoms with Gasteiger partial charge in [0.05, 0.1) is 16.3 Å². The first-order valence-corrected chi connectivity index (χ1v) is 4.85. The number of nitrogens with two attached hydrogens (primary N) is 1. The molecule has 0 aliphatic rings. The number of nitrogen functional groups attached to an aromatic ring is 1. The lowest BCUT2D eigenvalue weighted by atomic mass is 10.2. The molecule has 0 atom stereocenters. The van der Waals surface area contributed by atoms with Crippen molar-refractivity contribution in [3.63, 3.8) is 0 Å². The highest BCUT2D eigenvalue weighted by Gasteiger charge is 2.18. The number of alkyl halides is 3. The average Bonchev–Trinajstić information content (AvgIpc) is 2.01. The monoisotopic (exact) mass is 270 g/mol. The summed E-state index contributed by atoms with van der Waals surface area (Å²) in [4.78, 5) is 3.74. The fourth-order valence-electron chi connectivity index (χ4n) is 0.926. The van der Waals surface area contributed by atoms with Crippen LogP contribution in [-0.4, -0.2) is 4.98 Å². The van der Waals surface area contributed by atoms with Crippen molar-refractivity contribution in [2.24, 2.45) is 0 Å². The minimum atomic E-state index is -2.63. The third-order valence-corrected chi connectivity index (χ3v) is 2.30. The predicted octanol–water partition coefficient (Wildman–Crippen LogP) is 3.15. The van der Waals surface area contributed by atoms with E-state index in [4.69, 9.17) is 17.3 Å². The van der Waals surface area contributed by atoms with Crippen molar-refractivity contribution in [2.75, 3.05) is 5.73 Å². The van der Waals surface area contributed by atoms with Gasteiger partial charge in [0, 0.05) is 5.33 Å². The second kappa shape index (κ2) is 4.19. The predicted molar refractivity (Wildman–Crippen MR) is 51.2 cm³/mol. The Bertz CT molecular complexity index is 320. The molecular formula is C7H6BrClF2N2. The normalized spacial score (nSPS) is 10.8. The van der Waals surface area contributed by atoms with Gasteiger partial charge in [0.1, 0.15) is 5.82 Å². The van der Waals surface area contributed by atoms with Crippen molar-refractivity contribution in [3.05, 3.63) is 22.3 Å². The Labute approximate surface area is 87.2 Å². The first-order valence-electron chi connectivity index (χ1n) is 3.35. The van der Waals surface area contributed by atoms with Gasteiger partial charge in [-0.25, -0.2) is 13.8 Å². The third kappa shape index (κ3) is 2.28. The van der Waals surface area contributed by atoms with Gasteiger partial charge in [-0.3, -0.25) is 0 Å². The van der Waals surface area contributed by atoms with Gasteiger partial charge in [0.25, 0.3) is 6.43 Å². The standard InChI is InChI=1S/C7H6BrClF2N2/c8-2-4-6(7(10)11)3(9)1-5(12)13-4/h1,7H,2H2,(H2,12,13). The van der Waals surface area contributed by atoms with E-state index in [1.54, 1.807) is 0 Å². The zero-order valence-corrected chi connectivity index (χ0v) is 8.74. The lowest BCUT2D eigenvalue weighted by Crippen LogP contribution is -2.01. The van der Waals surface area contributed by atoms with Crippen LogP contribution in [0.1, 0.15) is 17.7 Å². The summed E-state index contributed by atoms with van der Waals surface area (Å²) in [6.07, 6.45) is -2.63. The SMILES string of the molecule is Nc1cc(Cl)c(C(F)F)c(CBr)n1. The summed E-state index contributed by atoms with van der Waals surface area (Å²) in [5.74, 6) is 0.142. The summed E-state index contributed by atoms with van der Waals surface area (Å²) in [5, 5.41) is 0.161. The van der Waals surface area contributed by atoms with E-state index in [1.165, 1.54) is 6.07 Å². The van der Waals surface area contributed by atoms with Gasteiger partial charge in [-0.05, 0) is 6.07 Å². The molecular weight excluding hydrogens is 265 g/mol. The maximum absolute atomic E-state index is 12.4. The zero-order valence-electron chi connectivity index (χ0n) is 6.40. The number of nitrogens with zero attached hydrogens (tertiary/aromatic N) is 1.